The quantitative estimate of drug-likeness (QED) is 0.865. The van der Waals surface area contributed by atoms with E-state index in [0.717, 1.165) is 13.1 Å². The fourth-order valence-electron chi connectivity index (χ4n) is 2.34. The van der Waals surface area contributed by atoms with Crippen molar-refractivity contribution in [3.8, 4) is 0 Å². The maximum Gasteiger partial charge on any atom is 0.224 e. The molecule has 0 N–H and O–H groups in total. The van der Waals surface area contributed by atoms with Gasteiger partial charge in [-0.05, 0) is 11.6 Å². The predicted molar refractivity (Wildman–Crippen MR) is 75.4 cm³/mol. The summed E-state index contributed by atoms with van der Waals surface area (Å²) in [4.78, 5) is 18.0. The largest absolute Gasteiger partial charge is 0.341 e. The molecule has 1 aliphatic rings. The number of aromatic nitrogens is 3. The molecule has 20 heavy (non-hydrogen) atoms. The fourth-order valence-corrected chi connectivity index (χ4v) is 2.50. The second-order valence-corrected chi connectivity index (χ2v) is 5.39. The number of aryl methyl sites for hydroxylation is 1. The molecule has 0 aromatic carbocycles. The lowest BCUT2D eigenvalue weighted by atomic mass is 9.92. The maximum absolute atomic E-state index is 12.0. The molecule has 2 aromatic rings. The van der Waals surface area contributed by atoms with Crippen LogP contribution < -0.4 is 0 Å². The van der Waals surface area contributed by atoms with Crippen molar-refractivity contribution in [1.82, 2.24) is 19.7 Å². The van der Waals surface area contributed by atoms with Crippen molar-refractivity contribution in [2.24, 2.45) is 0 Å². The molecule has 3 rings (SSSR count). The van der Waals surface area contributed by atoms with E-state index in [1.54, 1.807) is 23.3 Å². The second-order valence-electron chi connectivity index (χ2n) is 4.95. The van der Waals surface area contributed by atoms with E-state index in [4.69, 9.17) is 11.6 Å². The summed E-state index contributed by atoms with van der Waals surface area (Å²) in [6.45, 7) is 2.13. The zero-order valence-electron chi connectivity index (χ0n) is 10.9. The molecule has 0 radical (unpaired) electrons. The molecule has 0 saturated carbocycles. The Morgan fingerprint density at radius 1 is 1.40 bits per heavy atom. The van der Waals surface area contributed by atoms with E-state index in [1.807, 2.05) is 17.2 Å². The summed E-state index contributed by atoms with van der Waals surface area (Å²) in [6.07, 6.45) is 7.40. The van der Waals surface area contributed by atoms with Gasteiger partial charge in [-0.2, -0.15) is 5.10 Å². The van der Waals surface area contributed by atoms with Gasteiger partial charge in [-0.1, -0.05) is 17.7 Å². The van der Waals surface area contributed by atoms with E-state index in [1.165, 1.54) is 5.56 Å². The van der Waals surface area contributed by atoms with Crippen molar-refractivity contribution in [1.29, 1.82) is 0 Å². The van der Waals surface area contributed by atoms with Gasteiger partial charge in [0.25, 0.3) is 0 Å². The van der Waals surface area contributed by atoms with Gasteiger partial charge in [-0.3, -0.25) is 14.5 Å². The van der Waals surface area contributed by atoms with Crippen molar-refractivity contribution in [3.05, 3.63) is 47.5 Å². The Labute approximate surface area is 122 Å². The number of rotatable bonds is 4. The van der Waals surface area contributed by atoms with Crippen LogP contribution in [0.3, 0.4) is 0 Å². The summed E-state index contributed by atoms with van der Waals surface area (Å²) in [5.74, 6) is 0.587. The van der Waals surface area contributed by atoms with Gasteiger partial charge in [0.2, 0.25) is 5.91 Å². The van der Waals surface area contributed by atoms with Crippen molar-refractivity contribution >= 4 is 17.5 Å². The summed E-state index contributed by atoms with van der Waals surface area (Å²) in [5, 5.41) is 4.65. The van der Waals surface area contributed by atoms with Gasteiger partial charge in [-0.25, -0.2) is 0 Å². The van der Waals surface area contributed by atoms with Crippen molar-refractivity contribution < 1.29 is 4.79 Å². The van der Waals surface area contributed by atoms with Crippen LogP contribution in [0.25, 0.3) is 0 Å². The van der Waals surface area contributed by atoms with Gasteiger partial charge in [0, 0.05) is 50.6 Å². The lowest BCUT2D eigenvalue weighted by molar-refractivity contribution is -0.135. The standard InChI is InChI=1S/C14H15ClN4O/c15-13-7-17-19(10-13)5-3-14(20)18-8-12(9-18)11-2-1-4-16-6-11/h1-2,4,6-7,10,12H,3,5,8-9H2. The second kappa shape index (κ2) is 5.63. The van der Waals surface area contributed by atoms with Crippen molar-refractivity contribution in [2.75, 3.05) is 13.1 Å². The maximum atomic E-state index is 12.0. The first-order chi connectivity index (χ1) is 9.72. The van der Waals surface area contributed by atoms with E-state index in [0.29, 0.717) is 23.9 Å². The monoisotopic (exact) mass is 290 g/mol. The van der Waals surface area contributed by atoms with Crippen LogP contribution in [0.1, 0.15) is 17.9 Å². The number of pyridine rings is 1. The Hall–Kier alpha value is -1.88. The number of likely N-dealkylation sites (tertiary alicyclic amines) is 1. The lowest BCUT2D eigenvalue weighted by Crippen LogP contribution is -2.48. The van der Waals surface area contributed by atoms with E-state index in [-0.39, 0.29) is 5.91 Å². The summed E-state index contributed by atoms with van der Waals surface area (Å²) in [5.41, 5.74) is 1.20. The number of nitrogens with zero attached hydrogens (tertiary/aromatic N) is 4. The molecule has 1 fully saturated rings. The molecule has 1 amide bonds. The molecule has 6 heteroatoms. The molecule has 0 bridgehead atoms. The summed E-state index contributed by atoms with van der Waals surface area (Å²) in [7, 11) is 0. The third-order valence-electron chi connectivity index (χ3n) is 3.55. The van der Waals surface area contributed by atoms with Crippen LogP contribution in [0, 0.1) is 0 Å². The zero-order chi connectivity index (χ0) is 13.9. The van der Waals surface area contributed by atoms with Crippen molar-refractivity contribution in [3.63, 3.8) is 0 Å². The first kappa shape index (κ1) is 13.1. The normalized spacial score (nSPS) is 15.2. The Balaban J connectivity index is 1.46. The summed E-state index contributed by atoms with van der Waals surface area (Å²) >= 11 is 5.78. The van der Waals surface area contributed by atoms with Crippen LogP contribution in [0.5, 0.6) is 0 Å². The number of amides is 1. The minimum atomic E-state index is 0.164. The fraction of sp³-hybridized carbons (Fsp3) is 0.357. The molecule has 0 spiro atoms. The van der Waals surface area contributed by atoms with Crippen LogP contribution in [0.2, 0.25) is 5.02 Å². The van der Waals surface area contributed by atoms with Crippen LogP contribution in [-0.4, -0.2) is 38.7 Å². The molecule has 2 aromatic heterocycles. The SMILES string of the molecule is O=C(CCn1cc(Cl)cn1)N1CC(c2cccnc2)C1. The van der Waals surface area contributed by atoms with Gasteiger partial charge in [0.05, 0.1) is 11.2 Å². The van der Waals surface area contributed by atoms with Crippen LogP contribution in [0.15, 0.2) is 36.9 Å². The Morgan fingerprint density at radius 2 is 2.25 bits per heavy atom. The van der Waals surface area contributed by atoms with Crippen LogP contribution in [-0.2, 0) is 11.3 Å². The Kier molecular flexibility index (Phi) is 3.69. The molecule has 1 aliphatic heterocycles. The van der Waals surface area contributed by atoms with Gasteiger partial charge >= 0.3 is 0 Å². The molecule has 0 aliphatic carbocycles. The average molecular weight is 291 g/mol. The summed E-state index contributed by atoms with van der Waals surface area (Å²) < 4.78 is 1.69. The number of carbonyl (C=O) groups excluding carboxylic acids is 1. The predicted octanol–water partition coefficient (Wildman–Crippen LogP) is 1.95. The minimum Gasteiger partial charge on any atom is -0.341 e. The molecule has 3 heterocycles. The number of hydrogen-bond donors (Lipinski definition) is 0. The lowest BCUT2D eigenvalue weighted by Gasteiger charge is -2.39. The van der Waals surface area contributed by atoms with Gasteiger partial charge in [-0.15, -0.1) is 0 Å². The van der Waals surface area contributed by atoms with Gasteiger partial charge in [0.1, 0.15) is 0 Å². The highest BCUT2D eigenvalue weighted by Gasteiger charge is 2.31. The van der Waals surface area contributed by atoms with E-state index < -0.39 is 0 Å². The van der Waals surface area contributed by atoms with Crippen LogP contribution >= 0.6 is 11.6 Å². The zero-order valence-corrected chi connectivity index (χ0v) is 11.7. The Morgan fingerprint density at radius 3 is 2.90 bits per heavy atom. The molecule has 1 saturated heterocycles. The molecule has 104 valence electrons. The molecular formula is C14H15ClN4O. The number of halogens is 1. The topological polar surface area (TPSA) is 51.0 Å². The van der Waals surface area contributed by atoms with Crippen LogP contribution in [0.4, 0.5) is 0 Å². The highest BCUT2D eigenvalue weighted by Crippen LogP contribution is 2.26. The first-order valence-corrected chi connectivity index (χ1v) is 6.96. The van der Waals surface area contributed by atoms with E-state index in [9.17, 15) is 4.79 Å². The number of carbonyl (C=O) groups is 1. The molecular weight excluding hydrogens is 276 g/mol. The third-order valence-corrected chi connectivity index (χ3v) is 3.74. The highest BCUT2D eigenvalue weighted by molar-refractivity contribution is 6.30. The third kappa shape index (κ3) is 2.82. The summed E-state index contributed by atoms with van der Waals surface area (Å²) in [6, 6.07) is 3.99. The number of hydrogen-bond acceptors (Lipinski definition) is 3. The van der Waals surface area contributed by atoms with E-state index in [2.05, 4.69) is 16.1 Å². The smallest absolute Gasteiger partial charge is 0.224 e. The van der Waals surface area contributed by atoms with Crippen molar-refractivity contribution in [2.45, 2.75) is 18.9 Å². The van der Waals surface area contributed by atoms with Gasteiger partial charge in [0.15, 0.2) is 0 Å². The molecule has 0 unspecified atom stereocenters. The highest BCUT2D eigenvalue weighted by atomic mass is 35.5. The Bertz CT molecular complexity index is 592. The minimum absolute atomic E-state index is 0.164. The molecule has 5 nitrogen and oxygen atoms in total. The average Bonchev–Trinajstić information content (AvgIpc) is 2.82. The molecule has 0 atom stereocenters. The van der Waals surface area contributed by atoms with E-state index >= 15 is 0 Å². The van der Waals surface area contributed by atoms with Gasteiger partial charge < -0.3 is 4.90 Å². The first-order valence-electron chi connectivity index (χ1n) is 6.58.